The Morgan fingerprint density at radius 2 is 1.91 bits per heavy atom. The lowest BCUT2D eigenvalue weighted by Gasteiger charge is -2.34. The van der Waals surface area contributed by atoms with E-state index < -0.39 is 0 Å². The Kier molecular flexibility index (Phi) is 4.36. The van der Waals surface area contributed by atoms with Crippen molar-refractivity contribution in [3.63, 3.8) is 0 Å². The number of nitrogens with zero attached hydrogens (tertiary/aromatic N) is 2. The van der Waals surface area contributed by atoms with Crippen molar-refractivity contribution in [3.8, 4) is 0 Å². The summed E-state index contributed by atoms with van der Waals surface area (Å²) in [5.74, 6) is -0.774. The second kappa shape index (κ2) is 6.26. The van der Waals surface area contributed by atoms with Crippen LogP contribution in [0.15, 0.2) is 18.2 Å². The van der Waals surface area contributed by atoms with Gasteiger partial charge in [0, 0.05) is 43.3 Å². The fourth-order valence-electron chi connectivity index (χ4n) is 3.05. The maximum Gasteiger partial charge on any atom is 0.234 e. The van der Waals surface area contributed by atoms with Crippen molar-refractivity contribution < 1.29 is 9.59 Å². The lowest BCUT2D eigenvalue weighted by Crippen LogP contribution is -2.44. The lowest BCUT2D eigenvalue weighted by molar-refractivity contribution is -0.134. The standard InChI is InChI=1S/C16H20ClN3O2/c1-19-6-8-20(9-7-19)11-2-3-12(14(17)10-11)13-4-5-15(21)18-16(13)22/h2-3,10,13H,4-9H2,1H3,(H,18,21,22). The van der Waals surface area contributed by atoms with Crippen LogP contribution < -0.4 is 10.2 Å². The molecule has 2 fully saturated rings. The number of amides is 2. The molecule has 2 saturated heterocycles. The number of hydrogen-bond donors (Lipinski definition) is 1. The maximum atomic E-state index is 12.0. The van der Waals surface area contributed by atoms with E-state index in [1.165, 1.54) is 0 Å². The van der Waals surface area contributed by atoms with Gasteiger partial charge in [-0.05, 0) is 31.2 Å². The highest BCUT2D eigenvalue weighted by Crippen LogP contribution is 2.33. The van der Waals surface area contributed by atoms with Gasteiger partial charge in [0.25, 0.3) is 0 Å². The van der Waals surface area contributed by atoms with E-state index in [4.69, 9.17) is 11.6 Å². The van der Waals surface area contributed by atoms with E-state index in [0.29, 0.717) is 17.9 Å². The van der Waals surface area contributed by atoms with Crippen molar-refractivity contribution in [1.82, 2.24) is 10.2 Å². The SMILES string of the molecule is CN1CCN(c2ccc(C3CCC(=O)NC3=O)c(Cl)c2)CC1. The van der Waals surface area contributed by atoms with Crippen LogP contribution in [0, 0.1) is 0 Å². The minimum atomic E-state index is -0.327. The third-order valence-electron chi connectivity index (χ3n) is 4.47. The zero-order valence-electron chi connectivity index (χ0n) is 12.6. The molecule has 0 spiro atoms. The van der Waals surface area contributed by atoms with E-state index in [0.717, 1.165) is 37.4 Å². The Morgan fingerprint density at radius 1 is 1.18 bits per heavy atom. The highest BCUT2D eigenvalue weighted by molar-refractivity contribution is 6.32. The van der Waals surface area contributed by atoms with E-state index in [1.807, 2.05) is 18.2 Å². The van der Waals surface area contributed by atoms with Crippen LogP contribution in [-0.2, 0) is 9.59 Å². The Balaban J connectivity index is 1.77. The van der Waals surface area contributed by atoms with Crippen LogP contribution >= 0.6 is 11.6 Å². The van der Waals surface area contributed by atoms with Gasteiger partial charge in [-0.25, -0.2) is 0 Å². The Bertz CT molecular complexity index is 597. The van der Waals surface area contributed by atoms with Crippen LogP contribution in [0.3, 0.4) is 0 Å². The van der Waals surface area contributed by atoms with Crippen LogP contribution in [0.5, 0.6) is 0 Å². The number of piperidine rings is 1. The first-order valence-corrected chi connectivity index (χ1v) is 7.99. The number of likely N-dealkylation sites (N-methyl/N-ethyl adjacent to an activating group) is 1. The number of hydrogen-bond acceptors (Lipinski definition) is 4. The van der Waals surface area contributed by atoms with Crippen LogP contribution in [0.1, 0.15) is 24.3 Å². The summed E-state index contributed by atoms with van der Waals surface area (Å²) in [6.07, 6.45) is 0.894. The first-order valence-electron chi connectivity index (χ1n) is 7.61. The molecule has 22 heavy (non-hydrogen) atoms. The van der Waals surface area contributed by atoms with Gasteiger partial charge in [-0.3, -0.25) is 14.9 Å². The van der Waals surface area contributed by atoms with Crippen LogP contribution in [0.25, 0.3) is 0 Å². The molecule has 6 heteroatoms. The number of piperazine rings is 1. The minimum absolute atomic E-state index is 0.202. The summed E-state index contributed by atoms with van der Waals surface area (Å²) in [4.78, 5) is 27.8. The molecule has 1 N–H and O–H groups in total. The van der Waals surface area contributed by atoms with Gasteiger partial charge in [0.15, 0.2) is 0 Å². The predicted octanol–water partition coefficient (Wildman–Crippen LogP) is 1.61. The van der Waals surface area contributed by atoms with Crippen molar-refractivity contribution in [2.24, 2.45) is 0 Å². The van der Waals surface area contributed by atoms with Crippen molar-refractivity contribution in [3.05, 3.63) is 28.8 Å². The Hall–Kier alpha value is -1.59. The normalized spacial score (nSPS) is 23.5. The molecule has 118 valence electrons. The summed E-state index contributed by atoms with van der Waals surface area (Å²) < 4.78 is 0. The Morgan fingerprint density at radius 3 is 2.55 bits per heavy atom. The van der Waals surface area contributed by atoms with Crippen molar-refractivity contribution in [2.45, 2.75) is 18.8 Å². The lowest BCUT2D eigenvalue weighted by atomic mass is 9.90. The average Bonchev–Trinajstić information content (AvgIpc) is 2.49. The highest BCUT2D eigenvalue weighted by atomic mass is 35.5. The molecule has 1 aromatic rings. The van der Waals surface area contributed by atoms with Gasteiger partial charge in [0.05, 0.1) is 5.92 Å². The third kappa shape index (κ3) is 3.10. The van der Waals surface area contributed by atoms with Crippen LogP contribution in [-0.4, -0.2) is 49.9 Å². The quantitative estimate of drug-likeness (QED) is 0.841. The number of imide groups is 1. The molecule has 0 radical (unpaired) electrons. The fourth-order valence-corrected chi connectivity index (χ4v) is 3.36. The molecule has 5 nitrogen and oxygen atoms in total. The molecule has 1 aromatic carbocycles. The van der Waals surface area contributed by atoms with E-state index in [2.05, 4.69) is 22.2 Å². The molecule has 3 rings (SSSR count). The molecule has 2 aliphatic rings. The van der Waals surface area contributed by atoms with Gasteiger partial charge < -0.3 is 9.80 Å². The first-order chi connectivity index (χ1) is 10.5. The van der Waals surface area contributed by atoms with Gasteiger partial charge in [0.2, 0.25) is 11.8 Å². The van der Waals surface area contributed by atoms with E-state index in [1.54, 1.807) is 0 Å². The zero-order chi connectivity index (χ0) is 15.7. The van der Waals surface area contributed by atoms with E-state index in [-0.39, 0.29) is 17.7 Å². The second-order valence-electron chi connectivity index (χ2n) is 6.00. The second-order valence-corrected chi connectivity index (χ2v) is 6.41. The zero-order valence-corrected chi connectivity index (χ0v) is 13.4. The minimum Gasteiger partial charge on any atom is -0.369 e. The van der Waals surface area contributed by atoms with E-state index >= 15 is 0 Å². The Labute approximate surface area is 135 Å². The summed E-state index contributed by atoms with van der Waals surface area (Å²) in [7, 11) is 2.12. The molecular weight excluding hydrogens is 302 g/mol. The number of anilines is 1. The fraction of sp³-hybridized carbons (Fsp3) is 0.500. The molecule has 2 heterocycles. The smallest absolute Gasteiger partial charge is 0.234 e. The number of halogens is 1. The van der Waals surface area contributed by atoms with Gasteiger partial charge in [-0.2, -0.15) is 0 Å². The summed E-state index contributed by atoms with van der Waals surface area (Å²) in [6, 6.07) is 5.89. The predicted molar refractivity (Wildman–Crippen MR) is 86.3 cm³/mol. The van der Waals surface area contributed by atoms with Gasteiger partial charge in [-0.1, -0.05) is 17.7 Å². The number of rotatable bonds is 2. The molecule has 2 amide bonds. The number of carbonyl (C=O) groups excluding carboxylic acids is 2. The molecule has 0 aliphatic carbocycles. The largest absolute Gasteiger partial charge is 0.369 e. The monoisotopic (exact) mass is 321 g/mol. The summed E-state index contributed by atoms with van der Waals surface area (Å²) in [5, 5.41) is 2.99. The van der Waals surface area contributed by atoms with Crippen LogP contribution in [0.4, 0.5) is 5.69 Å². The molecule has 1 atom stereocenters. The van der Waals surface area contributed by atoms with Gasteiger partial charge in [0.1, 0.15) is 0 Å². The molecular formula is C16H20ClN3O2. The molecule has 0 bridgehead atoms. The number of carbonyl (C=O) groups is 2. The average molecular weight is 322 g/mol. The van der Waals surface area contributed by atoms with Crippen molar-refractivity contribution in [1.29, 1.82) is 0 Å². The summed E-state index contributed by atoms with van der Waals surface area (Å²) >= 11 is 6.41. The number of benzene rings is 1. The molecule has 2 aliphatic heterocycles. The summed E-state index contributed by atoms with van der Waals surface area (Å²) in [6.45, 7) is 4.02. The summed E-state index contributed by atoms with van der Waals surface area (Å²) in [5.41, 5.74) is 1.90. The number of nitrogens with one attached hydrogen (secondary N) is 1. The molecule has 0 saturated carbocycles. The first kappa shape index (κ1) is 15.3. The van der Waals surface area contributed by atoms with E-state index in [9.17, 15) is 9.59 Å². The van der Waals surface area contributed by atoms with Crippen molar-refractivity contribution in [2.75, 3.05) is 38.1 Å². The maximum absolute atomic E-state index is 12.0. The van der Waals surface area contributed by atoms with Crippen molar-refractivity contribution >= 4 is 29.1 Å². The van der Waals surface area contributed by atoms with Crippen LogP contribution in [0.2, 0.25) is 5.02 Å². The highest BCUT2D eigenvalue weighted by Gasteiger charge is 2.29. The van der Waals surface area contributed by atoms with Gasteiger partial charge >= 0.3 is 0 Å². The van der Waals surface area contributed by atoms with Gasteiger partial charge in [-0.15, -0.1) is 0 Å². The topological polar surface area (TPSA) is 52.6 Å². The molecule has 0 aromatic heterocycles. The molecule has 1 unspecified atom stereocenters. The third-order valence-corrected chi connectivity index (χ3v) is 4.79.